The van der Waals surface area contributed by atoms with Crippen LogP contribution in [0, 0.1) is 12.8 Å². The molecule has 0 radical (unpaired) electrons. The third-order valence-electron chi connectivity index (χ3n) is 4.36. The Kier molecular flexibility index (Phi) is 4.57. The highest BCUT2D eigenvalue weighted by molar-refractivity contribution is 5.80. The number of methoxy groups -OCH3 is 1. The second kappa shape index (κ2) is 6.62. The Bertz CT molecular complexity index is 712. The summed E-state index contributed by atoms with van der Waals surface area (Å²) >= 11 is 0. The van der Waals surface area contributed by atoms with E-state index in [0.29, 0.717) is 19.1 Å². The molecule has 0 spiro atoms. The smallest absolute Gasteiger partial charge is 0.309 e. The Hall–Kier alpha value is -2.01. The van der Waals surface area contributed by atoms with Crippen molar-refractivity contribution in [1.82, 2.24) is 14.9 Å². The van der Waals surface area contributed by atoms with Crippen molar-refractivity contribution in [1.29, 1.82) is 0 Å². The van der Waals surface area contributed by atoms with E-state index in [2.05, 4.69) is 14.9 Å². The highest BCUT2D eigenvalue weighted by atomic mass is 16.5. The van der Waals surface area contributed by atoms with Crippen molar-refractivity contribution in [2.24, 2.45) is 5.92 Å². The van der Waals surface area contributed by atoms with Crippen molar-refractivity contribution in [3.8, 4) is 0 Å². The molecule has 0 bridgehead atoms. The molecule has 0 unspecified atom stereocenters. The number of hydrogen-bond acceptors (Lipinski definition) is 5. The summed E-state index contributed by atoms with van der Waals surface area (Å²) in [6.45, 7) is 5.30. The Morgan fingerprint density at radius 1 is 1.35 bits per heavy atom. The molecule has 122 valence electrons. The van der Waals surface area contributed by atoms with Gasteiger partial charge in [-0.2, -0.15) is 0 Å². The van der Waals surface area contributed by atoms with E-state index in [1.54, 1.807) is 0 Å². The first-order valence-corrected chi connectivity index (χ1v) is 8.12. The van der Waals surface area contributed by atoms with Crippen LogP contribution in [0.25, 0.3) is 10.9 Å². The van der Waals surface area contributed by atoms with Gasteiger partial charge in [0, 0.05) is 23.7 Å². The fourth-order valence-corrected chi connectivity index (χ4v) is 2.96. The van der Waals surface area contributed by atoms with E-state index in [-0.39, 0.29) is 11.9 Å². The van der Waals surface area contributed by atoms with Crippen LogP contribution in [0.3, 0.4) is 0 Å². The summed E-state index contributed by atoms with van der Waals surface area (Å²) in [5.74, 6) is 0.526. The molecular weight excluding hydrogens is 290 g/mol. The van der Waals surface area contributed by atoms with Gasteiger partial charge < -0.3 is 4.74 Å². The maximum Gasteiger partial charge on any atom is 0.309 e. The van der Waals surface area contributed by atoms with E-state index < -0.39 is 0 Å². The molecule has 1 aliphatic rings. The van der Waals surface area contributed by atoms with Crippen molar-refractivity contribution in [2.45, 2.75) is 39.3 Å². The lowest BCUT2D eigenvalue weighted by molar-refractivity contribution is -0.145. The molecule has 3 rings (SSSR count). The average molecular weight is 313 g/mol. The molecular formula is C18H23N3O2. The third kappa shape index (κ3) is 3.67. The SMILES string of the molecule is COC(=O)[C@H](C)CN(Cc1nc(C)c2ccccc2n1)C1CC1. The Morgan fingerprint density at radius 2 is 2.09 bits per heavy atom. The normalized spacial score (nSPS) is 15.8. The summed E-state index contributed by atoms with van der Waals surface area (Å²) in [5.41, 5.74) is 1.98. The number of carbonyl (C=O) groups is 1. The third-order valence-corrected chi connectivity index (χ3v) is 4.36. The fourth-order valence-electron chi connectivity index (χ4n) is 2.96. The second-order valence-electron chi connectivity index (χ2n) is 6.33. The van der Waals surface area contributed by atoms with Crippen LogP contribution >= 0.6 is 0 Å². The Labute approximate surface area is 136 Å². The minimum Gasteiger partial charge on any atom is -0.469 e. The van der Waals surface area contributed by atoms with Gasteiger partial charge >= 0.3 is 5.97 Å². The van der Waals surface area contributed by atoms with Crippen molar-refractivity contribution in [3.63, 3.8) is 0 Å². The molecule has 1 aromatic carbocycles. The minimum absolute atomic E-state index is 0.137. The van der Waals surface area contributed by atoms with Gasteiger partial charge in [-0.15, -0.1) is 0 Å². The number of fused-ring (bicyclic) bond motifs is 1. The lowest BCUT2D eigenvalue weighted by atomic mass is 10.1. The molecule has 0 saturated heterocycles. The summed E-state index contributed by atoms with van der Waals surface area (Å²) in [6, 6.07) is 8.61. The Balaban J connectivity index is 1.79. The summed E-state index contributed by atoms with van der Waals surface area (Å²) in [7, 11) is 1.44. The van der Waals surface area contributed by atoms with E-state index in [9.17, 15) is 4.79 Å². The lowest BCUT2D eigenvalue weighted by Gasteiger charge is -2.24. The number of carbonyl (C=O) groups excluding carboxylic acids is 1. The summed E-state index contributed by atoms with van der Waals surface area (Å²) in [5, 5.41) is 1.09. The molecule has 0 amide bonds. The van der Waals surface area contributed by atoms with Gasteiger partial charge in [0.2, 0.25) is 0 Å². The number of rotatable bonds is 6. The standard InChI is InChI=1S/C18H23N3O2/c1-12(18(22)23-3)10-21(14-8-9-14)11-17-19-13(2)15-6-4-5-7-16(15)20-17/h4-7,12,14H,8-11H2,1-3H3/t12-/m1/s1. The van der Waals surface area contributed by atoms with Crippen LogP contribution < -0.4 is 0 Å². The minimum atomic E-state index is -0.161. The van der Waals surface area contributed by atoms with Gasteiger partial charge in [0.25, 0.3) is 0 Å². The van der Waals surface area contributed by atoms with E-state index in [0.717, 1.165) is 22.4 Å². The van der Waals surface area contributed by atoms with Gasteiger partial charge in [-0.05, 0) is 25.8 Å². The van der Waals surface area contributed by atoms with Gasteiger partial charge in [-0.1, -0.05) is 25.1 Å². The molecule has 1 fully saturated rings. The molecule has 5 nitrogen and oxygen atoms in total. The van der Waals surface area contributed by atoms with E-state index in [4.69, 9.17) is 4.74 Å². The van der Waals surface area contributed by atoms with Gasteiger partial charge in [-0.3, -0.25) is 9.69 Å². The number of benzene rings is 1. The van der Waals surface area contributed by atoms with Crippen LogP contribution in [-0.4, -0.2) is 40.5 Å². The molecule has 23 heavy (non-hydrogen) atoms. The van der Waals surface area contributed by atoms with Crippen LogP contribution in [0.5, 0.6) is 0 Å². The molecule has 5 heteroatoms. The molecule has 0 aliphatic heterocycles. The van der Waals surface area contributed by atoms with E-state index in [1.165, 1.54) is 20.0 Å². The van der Waals surface area contributed by atoms with Gasteiger partial charge in [0.15, 0.2) is 0 Å². The molecule has 1 heterocycles. The predicted octanol–water partition coefficient (Wildman–Crippen LogP) is 2.71. The van der Waals surface area contributed by atoms with E-state index in [1.807, 2.05) is 38.1 Å². The average Bonchev–Trinajstić information content (AvgIpc) is 3.38. The van der Waals surface area contributed by atoms with Crippen molar-refractivity contribution < 1.29 is 9.53 Å². The highest BCUT2D eigenvalue weighted by Crippen LogP contribution is 2.29. The quantitative estimate of drug-likeness (QED) is 0.768. The zero-order valence-corrected chi connectivity index (χ0v) is 14.0. The first-order chi connectivity index (χ1) is 11.1. The number of aromatic nitrogens is 2. The number of para-hydroxylation sites is 1. The zero-order chi connectivity index (χ0) is 16.4. The van der Waals surface area contributed by atoms with Crippen LogP contribution in [0.15, 0.2) is 24.3 Å². The van der Waals surface area contributed by atoms with Crippen molar-refractivity contribution in [2.75, 3.05) is 13.7 Å². The molecule has 0 N–H and O–H groups in total. The molecule has 1 aliphatic carbocycles. The number of nitrogens with zero attached hydrogens (tertiary/aromatic N) is 3. The molecule has 1 aromatic heterocycles. The van der Waals surface area contributed by atoms with Crippen molar-refractivity contribution >= 4 is 16.9 Å². The van der Waals surface area contributed by atoms with Crippen LogP contribution in [0.1, 0.15) is 31.3 Å². The maximum absolute atomic E-state index is 11.7. The summed E-state index contributed by atoms with van der Waals surface area (Å²) in [4.78, 5) is 23.3. The van der Waals surface area contributed by atoms with Gasteiger partial charge in [0.05, 0.1) is 25.1 Å². The topological polar surface area (TPSA) is 55.3 Å². The number of aryl methyl sites for hydroxylation is 1. The number of esters is 1. The maximum atomic E-state index is 11.7. The lowest BCUT2D eigenvalue weighted by Crippen LogP contribution is -2.34. The van der Waals surface area contributed by atoms with Crippen LogP contribution in [0.4, 0.5) is 0 Å². The number of hydrogen-bond donors (Lipinski definition) is 0. The van der Waals surface area contributed by atoms with Gasteiger partial charge in [-0.25, -0.2) is 9.97 Å². The highest BCUT2D eigenvalue weighted by Gasteiger charge is 2.32. The summed E-state index contributed by atoms with van der Waals surface area (Å²) < 4.78 is 4.84. The van der Waals surface area contributed by atoms with Gasteiger partial charge in [0.1, 0.15) is 5.82 Å². The first-order valence-electron chi connectivity index (χ1n) is 8.12. The fraction of sp³-hybridized carbons (Fsp3) is 0.500. The Morgan fingerprint density at radius 3 is 2.78 bits per heavy atom. The van der Waals surface area contributed by atoms with Crippen molar-refractivity contribution in [3.05, 3.63) is 35.8 Å². The summed E-state index contributed by atoms with van der Waals surface area (Å²) in [6.07, 6.45) is 2.36. The van der Waals surface area contributed by atoms with Crippen LogP contribution in [0.2, 0.25) is 0 Å². The van der Waals surface area contributed by atoms with Crippen LogP contribution in [-0.2, 0) is 16.1 Å². The monoisotopic (exact) mass is 313 g/mol. The second-order valence-corrected chi connectivity index (χ2v) is 6.33. The molecule has 1 atom stereocenters. The predicted molar refractivity (Wildman–Crippen MR) is 88.9 cm³/mol. The zero-order valence-electron chi connectivity index (χ0n) is 14.0. The number of ether oxygens (including phenoxy) is 1. The first kappa shape index (κ1) is 15.9. The molecule has 1 saturated carbocycles. The largest absolute Gasteiger partial charge is 0.469 e. The molecule has 2 aromatic rings. The van der Waals surface area contributed by atoms with E-state index >= 15 is 0 Å².